The molecular weight excluding hydrogens is 359 g/mol. The van der Waals surface area contributed by atoms with Crippen molar-refractivity contribution in [2.45, 2.75) is 13.1 Å². The van der Waals surface area contributed by atoms with Gasteiger partial charge in [-0.3, -0.25) is 14.5 Å². The smallest absolute Gasteiger partial charge is 0.246 e. The van der Waals surface area contributed by atoms with Crippen molar-refractivity contribution in [1.82, 2.24) is 19.7 Å². The van der Waals surface area contributed by atoms with Gasteiger partial charge in [0, 0.05) is 36.1 Å². The molecule has 6 nitrogen and oxygen atoms in total. The van der Waals surface area contributed by atoms with Crippen molar-refractivity contribution in [1.29, 1.82) is 0 Å². The first-order chi connectivity index (χ1) is 13.6. The Morgan fingerprint density at radius 3 is 2.71 bits per heavy atom. The Labute approximate surface area is 161 Å². The molecule has 1 amide bonds. The zero-order chi connectivity index (χ0) is 19.7. The SMILES string of the molecule is C=CC(=O)N1CCn2nc(-c3ccc(OC)cc3F)c(-c3ccncc3)c2C1. The van der Waals surface area contributed by atoms with Crippen molar-refractivity contribution in [2.24, 2.45) is 0 Å². The van der Waals surface area contributed by atoms with Crippen molar-refractivity contribution in [2.75, 3.05) is 13.7 Å². The second kappa shape index (κ2) is 7.26. The van der Waals surface area contributed by atoms with Gasteiger partial charge in [0.2, 0.25) is 5.91 Å². The number of aromatic nitrogens is 3. The number of benzene rings is 1. The molecule has 0 fully saturated rings. The van der Waals surface area contributed by atoms with Gasteiger partial charge in [-0.15, -0.1) is 0 Å². The quantitative estimate of drug-likeness (QED) is 0.654. The second-order valence-electron chi connectivity index (χ2n) is 6.44. The topological polar surface area (TPSA) is 60.2 Å². The maximum Gasteiger partial charge on any atom is 0.246 e. The van der Waals surface area contributed by atoms with E-state index in [2.05, 4.69) is 16.7 Å². The zero-order valence-corrected chi connectivity index (χ0v) is 15.4. The van der Waals surface area contributed by atoms with E-state index in [9.17, 15) is 9.18 Å². The largest absolute Gasteiger partial charge is 0.497 e. The van der Waals surface area contributed by atoms with Gasteiger partial charge in [0.15, 0.2) is 0 Å². The summed E-state index contributed by atoms with van der Waals surface area (Å²) in [4.78, 5) is 17.9. The average Bonchev–Trinajstić information content (AvgIpc) is 3.11. The molecule has 0 unspecified atom stereocenters. The number of rotatable bonds is 4. The van der Waals surface area contributed by atoms with E-state index in [1.54, 1.807) is 29.4 Å². The predicted octanol–water partition coefficient (Wildman–Crippen LogP) is 3.29. The Kier molecular flexibility index (Phi) is 4.65. The van der Waals surface area contributed by atoms with Crippen LogP contribution in [0, 0.1) is 5.82 Å². The highest BCUT2D eigenvalue weighted by Crippen LogP contribution is 2.38. The van der Waals surface area contributed by atoms with Gasteiger partial charge in [0.1, 0.15) is 17.3 Å². The average molecular weight is 378 g/mol. The second-order valence-corrected chi connectivity index (χ2v) is 6.44. The normalized spacial score (nSPS) is 13.1. The first-order valence-corrected chi connectivity index (χ1v) is 8.87. The fourth-order valence-electron chi connectivity index (χ4n) is 3.46. The van der Waals surface area contributed by atoms with Gasteiger partial charge in [-0.2, -0.15) is 5.10 Å². The van der Waals surface area contributed by atoms with Crippen LogP contribution in [-0.4, -0.2) is 39.2 Å². The van der Waals surface area contributed by atoms with Crippen LogP contribution in [0.25, 0.3) is 22.4 Å². The molecule has 0 saturated carbocycles. The monoisotopic (exact) mass is 378 g/mol. The van der Waals surface area contributed by atoms with Crippen molar-refractivity contribution in [3.8, 4) is 28.1 Å². The van der Waals surface area contributed by atoms with Gasteiger partial charge in [0.05, 0.1) is 25.9 Å². The van der Waals surface area contributed by atoms with Crippen LogP contribution in [-0.2, 0) is 17.9 Å². The molecule has 1 aliphatic heterocycles. The van der Waals surface area contributed by atoms with Crippen LogP contribution in [0.1, 0.15) is 5.69 Å². The van der Waals surface area contributed by atoms with E-state index in [-0.39, 0.29) is 5.91 Å². The van der Waals surface area contributed by atoms with Crippen LogP contribution < -0.4 is 4.74 Å². The number of fused-ring (bicyclic) bond motifs is 1. The van der Waals surface area contributed by atoms with Gasteiger partial charge in [-0.05, 0) is 35.9 Å². The molecule has 0 saturated heterocycles. The fraction of sp³-hybridized carbons (Fsp3) is 0.190. The molecule has 28 heavy (non-hydrogen) atoms. The summed E-state index contributed by atoms with van der Waals surface area (Å²) in [6.45, 7) is 5.01. The number of pyridine rings is 1. The van der Waals surface area contributed by atoms with Crippen molar-refractivity contribution in [3.63, 3.8) is 0 Å². The highest BCUT2D eigenvalue weighted by Gasteiger charge is 2.28. The first kappa shape index (κ1) is 17.9. The molecule has 0 bridgehead atoms. The van der Waals surface area contributed by atoms with Crippen LogP contribution in [0.5, 0.6) is 5.75 Å². The summed E-state index contributed by atoms with van der Waals surface area (Å²) in [5.74, 6) is -0.104. The van der Waals surface area contributed by atoms with Crippen molar-refractivity contribution < 1.29 is 13.9 Å². The van der Waals surface area contributed by atoms with E-state index < -0.39 is 5.82 Å². The summed E-state index contributed by atoms with van der Waals surface area (Å²) in [6.07, 6.45) is 4.67. The molecule has 3 aromatic rings. The van der Waals surface area contributed by atoms with Crippen molar-refractivity contribution >= 4 is 5.91 Å². The number of amides is 1. The summed E-state index contributed by atoms with van der Waals surface area (Å²) < 4.78 is 21.8. The van der Waals surface area contributed by atoms with E-state index in [1.165, 1.54) is 19.3 Å². The van der Waals surface area contributed by atoms with Gasteiger partial charge in [0.25, 0.3) is 0 Å². The maximum atomic E-state index is 14.8. The number of carbonyl (C=O) groups is 1. The molecule has 4 rings (SSSR count). The fourth-order valence-corrected chi connectivity index (χ4v) is 3.46. The number of ether oxygens (including phenoxy) is 1. The van der Waals surface area contributed by atoms with Crippen LogP contribution in [0.3, 0.4) is 0 Å². The van der Waals surface area contributed by atoms with E-state index >= 15 is 0 Å². The third-order valence-corrected chi connectivity index (χ3v) is 4.87. The van der Waals surface area contributed by atoms with E-state index in [1.807, 2.05) is 16.8 Å². The molecule has 0 aliphatic carbocycles. The summed E-state index contributed by atoms with van der Waals surface area (Å²) in [7, 11) is 1.50. The Hall–Kier alpha value is -3.48. The molecule has 1 aromatic carbocycles. The predicted molar refractivity (Wildman–Crippen MR) is 103 cm³/mol. The molecule has 142 valence electrons. The molecule has 0 radical (unpaired) electrons. The van der Waals surface area contributed by atoms with Gasteiger partial charge in [-0.25, -0.2) is 4.39 Å². The lowest BCUT2D eigenvalue weighted by Crippen LogP contribution is -2.37. The minimum Gasteiger partial charge on any atom is -0.497 e. The third kappa shape index (κ3) is 3.05. The Morgan fingerprint density at radius 1 is 1.25 bits per heavy atom. The minimum absolute atomic E-state index is 0.134. The van der Waals surface area contributed by atoms with Gasteiger partial charge in [-0.1, -0.05) is 6.58 Å². The number of nitrogens with zero attached hydrogens (tertiary/aromatic N) is 4. The Morgan fingerprint density at radius 2 is 2.04 bits per heavy atom. The third-order valence-electron chi connectivity index (χ3n) is 4.87. The number of carbonyl (C=O) groups excluding carboxylic acids is 1. The molecule has 2 aromatic heterocycles. The lowest BCUT2D eigenvalue weighted by molar-refractivity contribution is -0.127. The molecule has 0 atom stereocenters. The first-order valence-electron chi connectivity index (χ1n) is 8.87. The highest BCUT2D eigenvalue weighted by atomic mass is 19.1. The molecule has 0 N–H and O–H groups in total. The van der Waals surface area contributed by atoms with E-state index in [0.29, 0.717) is 36.6 Å². The minimum atomic E-state index is -0.413. The number of hydrogen-bond acceptors (Lipinski definition) is 4. The van der Waals surface area contributed by atoms with Crippen LogP contribution >= 0.6 is 0 Å². The Bertz CT molecular complexity index is 1050. The standard InChI is InChI=1S/C21H19FN4O2/c1-3-19(27)25-10-11-26-18(13-25)20(14-6-8-23-9-7-14)21(24-26)16-5-4-15(28-2)12-17(16)22/h3-9,12H,1,10-11,13H2,2H3. The van der Waals surface area contributed by atoms with Crippen LogP contribution in [0.15, 0.2) is 55.4 Å². The summed E-state index contributed by atoms with van der Waals surface area (Å²) in [5.41, 5.74) is 3.45. The van der Waals surface area contributed by atoms with E-state index in [0.717, 1.165) is 16.8 Å². The number of hydrogen-bond donors (Lipinski definition) is 0. The molecule has 0 spiro atoms. The summed E-state index contributed by atoms with van der Waals surface area (Å²) in [6, 6.07) is 8.44. The van der Waals surface area contributed by atoms with Gasteiger partial charge >= 0.3 is 0 Å². The maximum absolute atomic E-state index is 14.8. The van der Waals surface area contributed by atoms with E-state index in [4.69, 9.17) is 4.74 Å². The number of halogens is 1. The van der Waals surface area contributed by atoms with Crippen molar-refractivity contribution in [3.05, 3.63) is 66.9 Å². The number of methoxy groups -OCH3 is 1. The summed E-state index contributed by atoms with van der Waals surface area (Å²) >= 11 is 0. The van der Waals surface area contributed by atoms with Crippen LogP contribution in [0.4, 0.5) is 4.39 Å². The molecular formula is C21H19FN4O2. The molecule has 1 aliphatic rings. The molecule has 7 heteroatoms. The van der Waals surface area contributed by atoms with Crippen LogP contribution in [0.2, 0.25) is 0 Å². The van der Waals surface area contributed by atoms with Gasteiger partial charge < -0.3 is 9.64 Å². The molecule has 3 heterocycles. The lowest BCUT2D eigenvalue weighted by atomic mass is 9.98. The lowest BCUT2D eigenvalue weighted by Gasteiger charge is -2.27. The summed E-state index contributed by atoms with van der Waals surface area (Å²) in [5, 5.41) is 4.68. The highest BCUT2D eigenvalue weighted by molar-refractivity contribution is 5.88. The zero-order valence-electron chi connectivity index (χ0n) is 15.4. The Balaban J connectivity index is 1.90.